The van der Waals surface area contributed by atoms with E-state index in [2.05, 4.69) is 0 Å². The van der Waals surface area contributed by atoms with E-state index < -0.39 is 13.5 Å². The lowest BCUT2D eigenvalue weighted by atomic mass is 10.3. The molecule has 2 N–H and O–H groups in total. The molecule has 112 valence electrons. The molecule has 0 fully saturated rings. The van der Waals surface area contributed by atoms with E-state index in [0.717, 1.165) is 4.90 Å². The highest BCUT2D eigenvalue weighted by atomic mass is 32.2. The molecule has 0 saturated carbocycles. The molecule has 0 saturated heterocycles. The van der Waals surface area contributed by atoms with Gasteiger partial charge in [0.1, 0.15) is 5.69 Å². The zero-order valence-electron chi connectivity index (χ0n) is 11.9. The van der Waals surface area contributed by atoms with Gasteiger partial charge >= 0.3 is 8.56 Å². The van der Waals surface area contributed by atoms with Crippen molar-refractivity contribution in [3.05, 3.63) is 28.3 Å². The summed E-state index contributed by atoms with van der Waals surface area (Å²) in [5.74, 6) is 0. The van der Waals surface area contributed by atoms with Crippen molar-refractivity contribution in [1.82, 2.24) is 0 Å². The maximum absolute atomic E-state index is 10.9. The largest absolute Gasteiger partial charge is 0.394 e. The van der Waals surface area contributed by atoms with E-state index in [-0.39, 0.29) is 11.4 Å². The molecule has 1 rings (SSSR count). The fourth-order valence-electron chi connectivity index (χ4n) is 1.72. The number of nitrogen functional groups attached to an aromatic ring is 1. The molecule has 0 heterocycles. The van der Waals surface area contributed by atoms with Gasteiger partial charge in [-0.2, -0.15) is 0 Å². The molecule has 0 aliphatic rings. The van der Waals surface area contributed by atoms with Crippen LogP contribution in [0.15, 0.2) is 23.1 Å². The normalized spacial score (nSPS) is 11.6. The highest BCUT2D eigenvalue weighted by Crippen LogP contribution is 2.30. The second-order valence-electron chi connectivity index (χ2n) is 4.27. The molecule has 0 bridgehead atoms. The van der Waals surface area contributed by atoms with Crippen molar-refractivity contribution in [2.45, 2.75) is 25.3 Å². The van der Waals surface area contributed by atoms with Crippen molar-refractivity contribution in [3.63, 3.8) is 0 Å². The summed E-state index contributed by atoms with van der Waals surface area (Å²) in [5, 5.41) is 11.5. The first-order valence-corrected chi connectivity index (χ1v) is 9.87. The number of hydrogen-bond donors (Lipinski definition) is 1. The summed E-state index contributed by atoms with van der Waals surface area (Å²) in [6.45, 7) is 7.07. The second-order valence-corrected chi connectivity index (χ2v) is 9.03. The van der Waals surface area contributed by atoms with Crippen molar-refractivity contribution in [2.75, 3.05) is 24.3 Å². The summed E-state index contributed by atoms with van der Waals surface area (Å²) in [5.41, 5.74) is 5.69. The van der Waals surface area contributed by atoms with Gasteiger partial charge in [0, 0.05) is 29.6 Å². The lowest BCUT2D eigenvalue weighted by Crippen LogP contribution is -2.42. The molecule has 1 aromatic carbocycles. The Morgan fingerprint density at radius 3 is 2.45 bits per heavy atom. The molecule has 0 amide bonds. The Hall–Kier alpha value is -1.09. The van der Waals surface area contributed by atoms with Crippen molar-refractivity contribution >= 4 is 31.7 Å². The predicted octanol–water partition coefficient (Wildman–Crippen LogP) is 2.95. The number of nitro benzene ring substituents is 1. The summed E-state index contributed by atoms with van der Waals surface area (Å²) in [6.07, 6.45) is 0. The third-order valence-electron chi connectivity index (χ3n) is 2.60. The molecule has 0 aliphatic carbocycles. The molecule has 0 aromatic heterocycles. The van der Waals surface area contributed by atoms with Crippen LogP contribution >= 0.6 is 11.8 Å². The Morgan fingerprint density at radius 1 is 1.35 bits per heavy atom. The molecular weight excluding hydrogens is 296 g/mol. The maximum atomic E-state index is 10.9. The Labute approximate surface area is 124 Å². The molecule has 0 aliphatic heterocycles. The predicted molar refractivity (Wildman–Crippen MR) is 83.1 cm³/mol. The van der Waals surface area contributed by atoms with Crippen LogP contribution in [-0.2, 0) is 8.85 Å². The van der Waals surface area contributed by atoms with E-state index in [1.807, 2.05) is 20.4 Å². The fourth-order valence-corrected chi connectivity index (χ4v) is 5.77. The van der Waals surface area contributed by atoms with E-state index in [4.69, 9.17) is 14.6 Å². The molecular formula is C12H20N2O4SSi. The highest BCUT2D eigenvalue weighted by molar-refractivity contribution is 8.00. The minimum absolute atomic E-state index is 0.0637. The molecule has 6 nitrogen and oxygen atoms in total. The summed E-state index contributed by atoms with van der Waals surface area (Å²) < 4.78 is 11.5. The van der Waals surface area contributed by atoms with Crippen LogP contribution in [0, 0.1) is 10.1 Å². The molecule has 0 spiro atoms. The monoisotopic (exact) mass is 316 g/mol. The van der Waals surface area contributed by atoms with Gasteiger partial charge in [-0.05, 0) is 32.5 Å². The quantitative estimate of drug-likeness (QED) is 0.261. The summed E-state index contributed by atoms with van der Waals surface area (Å²) in [4.78, 5) is 11.2. The van der Waals surface area contributed by atoms with Gasteiger partial charge in [0.15, 0.2) is 0 Å². The number of nitro groups is 1. The zero-order valence-corrected chi connectivity index (χ0v) is 13.7. The minimum atomic E-state index is -2.23. The third-order valence-corrected chi connectivity index (χ3v) is 7.66. The average molecular weight is 316 g/mol. The number of nitrogens with zero attached hydrogens (tertiary/aromatic N) is 1. The molecule has 0 radical (unpaired) electrons. The smallest absolute Gasteiger partial charge is 0.345 e. The maximum Gasteiger partial charge on any atom is 0.345 e. The number of benzene rings is 1. The van der Waals surface area contributed by atoms with E-state index in [0.29, 0.717) is 18.6 Å². The van der Waals surface area contributed by atoms with Crippen molar-refractivity contribution in [3.8, 4) is 0 Å². The van der Waals surface area contributed by atoms with Gasteiger partial charge in [0.2, 0.25) is 0 Å². The topological polar surface area (TPSA) is 87.6 Å². The number of anilines is 1. The summed E-state index contributed by atoms with van der Waals surface area (Å²) >= 11 is 1.50. The van der Waals surface area contributed by atoms with Gasteiger partial charge < -0.3 is 14.6 Å². The van der Waals surface area contributed by atoms with Crippen LogP contribution in [-0.4, -0.2) is 32.1 Å². The average Bonchev–Trinajstić information content (AvgIpc) is 2.38. The van der Waals surface area contributed by atoms with Crippen LogP contribution in [0.5, 0.6) is 0 Å². The minimum Gasteiger partial charge on any atom is -0.394 e. The Kier molecular flexibility index (Phi) is 6.47. The van der Waals surface area contributed by atoms with Crippen LogP contribution in [0.3, 0.4) is 0 Å². The van der Waals surface area contributed by atoms with E-state index in [1.165, 1.54) is 17.8 Å². The third kappa shape index (κ3) is 4.78. The summed E-state index contributed by atoms with van der Waals surface area (Å²) in [7, 11) is -2.23. The first-order chi connectivity index (χ1) is 9.41. The van der Waals surface area contributed by atoms with Crippen LogP contribution < -0.4 is 5.73 Å². The fraction of sp³-hybridized carbons (Fsp3) is 0.500. The van der Waals surface area contributed by atoms with Gasteiger partial charge in [0.05, 0.1) is 4.92 Å². The van der Waals surface area contributed by atoms with E-state index >= 15 is 0 Å². The van der Waals surface area contributed by atoms with E-state index in [9.17, 15) is 10.1 Å². The lowest BCUT2D eigenvalue weighted by Gasteiger charge is -2.25. The highest BCUT2D eigenvalue weighted by Gasteiger charge is 2.31. The Morgan fingerprint density at radius 2 is 1.95 bits per heavy atom. The first-order valence-electron chi connectivity index (χ1n) is 6.36. The Bertz CT molecular complexity index is 467. The number of rotatable bonds is 8. The second kappa shape index (κ2) is 7.63. The Balaban J connectivity index is 2.78. The van der Waals surface area contributed by atoms with Gasteiger partial charge in [-0.1, -0.05) is 0 Å². The van der Waals surface area contributed by atoms with Gasteiger partial charge in [-0.15, -0.1) is 11.8 Å². The van der Waals surface area contributed by atoms with Crippen molar-refractivity contribution < 1.29 is 13.8 Å². The van der Waals surface area contributed by atoms with Crippen LogP contribution in [0.4, 0.5) is 11.4 Å². The van der Waals surface area contributed by atoms with Gasteiger partial charge in [0.25, 0.3) is 5.69 Å². The number of nitrogens with two attached hydrogens (primary N) is 1. The standard InChI is InChI=1S/C12H20N2O4SSi/c1-4-17-20(3,18-5-2)9-19-10-6-7-11(13)12(8-10)14(15)16/h6-8H,4-5,9,13H2,1-3H3. The van der Waals surface area contributed by atoms with Crippen LogP contribution in [0.1, 0.15) is 13.8 Å². The van der Waals surface area contributed by atoms with Crippen LogP contribution in [0.2, 0.25) is 6.55 Å². The molecule has 0 atom stereocenters. The lowest BCUT2D eigenvalue weighted by molar-refractivity contribution is -0.384. The molecule has 8 heteroatoms. The van der Waals surface area contributed by atoms with Gasteiger partial charge in [-0.3, -0.25) is 10.1 Å². The number of thioether (sulfide) groups is 1. The zero-order chi connectivity index (χ0) is 15.2. The SMILES string of the molecule is CCO[Si](C)(CSc1ccc(N)c([N+](=O)[O-])c1)OCC. The van der Waals surface area contributed by atoms with Gasteiger partial charge in [-0.25, -0.2) is 0 Å². The van der Waals surface area contributed by atoms with Crippen molar-refractivity contribution in [2.24, 2.45) is 0 Å². The van der Waals surface area contributed by atoms with E-state index in [1.54, 1.807) is 12.1 Å². The first kappa shape index (κ1) is 17.0. The molecule has 20 heavy (non-hydrogen) atoms. The molecule has 1 aromatic rings. The molecule has 0 unspecified atom stereocenters. The summed E-state index contributed by atoms with van der Waals surface area (Å²) in [6, 6.07) is 4.83. The number of hydrogen-bond acceptors (Lipinski definition) is 6. The van der Waals surface area contributed by atoms with Crippen molar-refractivity contribution in [1.29, 1.82) is 0 Å². The van der Waals surface area contributed by atoms with Crippen LogP contribution in [0.25, 0.3) is 0 Å².